The van der Waals surface area contributed by atoms with Crippen LogP contribution in [-0.2, 0) is 23.8 Å². The maximum Gasteiger partial charge on any atom is 0.418 e. The number of carbonyl (C=O) groups is 1. The largest absolute Gasteiger partial charge is 0.418 e. The van der Waals surface area contributed by atoms with Gasteiger partial charge in [-0.25, -0.2) is 9.50 Å². The molecule has 0 saturated carbocycles. The Morgan fingerprint density at radius 2 is 2.04 bits per heavy atom. The second kappa shape index (κ2) is 5.55. The fourth-order valence-corrected chi connectivity index (χ4v) is 3.32. The zero-order valence-corrected chi connectivity index (χ0v) is 14.1. The van der Waals surface area contributed by atoms with Crippen molar-refractivity contribution >= 4 is 17.2 Å². The molecule has 4 rings (SSSR count). The maximum atomic E-state index is 13.7. The average Bonchev–Trinajstić information content (AvgIpc) is 3.15. The highest BCUT2D eigenvalue weighted by molar-refractivity contribution is 6.00. The van der Waals surface area contributed by atoms with Crippen LogP contribution < -0.4 is 5.32 Å². The van der Waals surface area contributed by atoms with Crippen LogP contribution in [0.1, 0.15) is 29.4 Å². The Kier molecular flexibility index (Phi) is 3.54. The number of rotatable bonds is 2. The molecule has 5 nitrogen and oxygen atoms in total. The third-order valence-corrected chi connectivity index (χ3v) is 4.47. The van der Waals surface area contributed by atoms with Gasteiger partial charge in [-0.15, -0.1) is 0 Å². The molecule has 1 amide bonds. The quantitative estimate of drug-likeness (QED) is 0.757. The van der Waals surface area contributed by atoms with E-state index >= 15 is 0 Å². The summed E-state index contributed by atoms with van der Waals surface area (Å²) >= 11 is 0. The van der Waals surface area contributed by atoms with Crippen molar-refractivity contribution in [3.63, 3.8) is 0 Å². The van der Waals surface area contributed by atoms with E-state index in [4.69, 9.17) is 0 Å². The zero-order chi connectivity index (χ0) is 18.6. The normalized spacial score (nSPS) is 14.0. The lowest BCUT2D eigenvalue weighted by Crippen LogP contribution is -2.11. The van der Waals surface area contributed by atoms with Crippen molar-refractivity contribution in [1.29, 1.82) is 0 Å². The van der Waals surface area contributed by atoms with Gasteiger partial charge in [-0.2, -0.15) is 18.3 Å². The summed E-state index contributed by atoms with van der Waals surface area (Å²) in [7, 11) is 0. The fraction of sp³-hybridized carbons (Fsp3) is 0.278. The number of halogens is 3. The zero-order valence-electron chi connectivity index (χ0n) is 14.1. The highest BCUT2D eigenvalue weighted by Gasteiger charge is 2.36. The van der Waals surface area contributed by atoms with E-state index in [2.05, 4.69) is 15.4 Å². The highest BCUT2D eigenvalue weighted by Crippen LogP contribution is 2.40. The molecule has 0 atom stereocenters. The molecule has 134 valence electrons. The number of carbonyl (C=O) groups excluding carboxylic acids is 1. The topological polar surface area (TPSA) is 59.3 Å². The summed E-state index contributed by atoms with van der Waals surface area (Å²) < 4.78 is 42.2. The molecule has 3 heterocycles. The molecule has 0 saturated heterocycles. The first kappa shape index (κ1) is 16.6. The molecule has 8 heteroatoms. The molecular formula is C18H15F3N4O. The second-order valence-corrected chi connectivity index (χ2v) is 6.30. The van der Waals surface area contributed by atoms with Crippen molar-refractivity contribution in [1.82, 2.24) is 14.6 Å². The number of pyridine rings is 1. The standard InChI is InChI=1S/C18H15F3N4O/c1-3-13-22-14-5-4-12(18(19,20)21)17(25(14)24-13)11-6-9(2)16-10(7-11)8-15(26)23-16/h4-7H,3,8H2,1-2H3,(H,23,26). The number of fused-ring (bicyclic) bond motifs is 2. The minimum absolute atomic E-state index is 0.0625. The average molecular weight is 360 g/mol. The number of anilines is 1. The number of aromatic nitrogens is 3. The van der Waals surface area contributed by atoms with Crippen LogP contribution >= 0.6 is 0 Å². The van der Waals surface area contributed by atoms with Crippen molar-refractivity contribution in [2.75, 3.05) is 5.32 Å². The first-order chi connectivity index (χ1) is 12.3. The van der Waals surface area contributed by atoms with Gasteiger partial charge in [0.05, 0.1) is 17.7 Å². The van der Waals surface area contributed by atoms with Crippen LogP contribution in [0.3, 0.4) is 0 Å². The maximum absolute atomic E-state index is 13.7. The second-order valence-electron chi connectivity index (χ2n) is 6.30. The summed E-state index contributed by atoms with van der Waals surface area (Å²) in [5.41, 5.74) is 1.95. The van der Waals surface area contributed by atoms with Crippen molar-refractivity contribution < 1.29 is 18.0 Å². The summed E-state index contributed by atoms with van der Waals surface area (Å²) in [6.07, 6.45) is -3.87. The van der Waals surface area contributed by atoms with Gasteiger partial charge in [-0.1, -0.05) is 6.92 Å². The lowest BCUT2D eigenvalue weighted by atomic mass is 9.98. The molecule has 26 heavy (non-hydrogen) atoms. The SMILES string of the molecule is CCc1nc2ccc(C(F)(F)F)c(-c3cc(C)c4c(c3)CC(=O)N4)n2n1. The molecule has 0 unspecified atom stereocenters. The van der Waals surface area contributed by atoms with Gasteiger partial charge in [-0.05, 0) is 42.3 Å². The Morgan fingerprint density at radius 3 is 2.73 bits per heavy atom. The van der Waals surface area contributed by atoms with E-state index in [0.29, 0.717) is 40.3 Å². The predicted octanol–water partition coefficient (Wildman–Crippen LogP) is 3.78. The van der Waals surface area contributed by atoms with Crippen molar-refractivity contribution in [2.24, 2.45) is 0 Å². The van der Waals surface area contributed by atoms with E-state index in [1.165, 1.54) is 10.6 Å². The first-order valence-corrected chi connectivity index (χ1v) is 8.17. The van der Waals surface area contributed by atoms with E-state index in [-0.39, 0.29) is 18.0 Å². The molecule has 1 N–H and O–H groups in total. The number of benzene rings is 1. The van der Waals surface area contributed by atoms with Crippen LogP contribution in [0.4, 0.5) is 18.9 Å². The minimum Gasteiger partial charge on any atom is -0.325 e. The van der Waals surface area contributed by atoms with Gasteiger partial charge >= 0.3 is 6.18 Å². The van der Waals surface area contributed by atoms with Gasteiger partial charge in [0.25, 0.3) is 0 Å². The molecule has 0 spiro atoms. The number of alkyl halides is 3. The van der Waals surface area contributed by atoms with E-state index < -0.39 is 11.7 Å². The Bertz CT molecular complexity index is 1050. The van der Waals surface area contributed by atoms with Gasteiger partial charge in [-0.3, -0.25) is 4.79 Å². The summed E-state index contributed by atoms with van der Waals surface area (Å²) in [6, 6.07) is 5.62. The summed E-state index contributed by atoms with van der Waals surface area (Å²) in [4.78, 5) is 15.9. The van der Waals surface area contributed by atoms with E-state index in [1.54, 1.807) is 19.1 Å². The number of amides is 1. The molecule has 0 radical (unpaired) electrons. The van der Waals surface area contributed by atoms with Gasteiger partial charge in [0, 0.05) is 17.7 Å². The predicted molar refractivity (Wildman–Crippen MR) is 89.9 cm³/mol. The third-order valence-electron chi connectivity index (χ3n) is 4.47. The van der Waals surface area contributed by atoms with Gasteiger partial charge in [0.2, 0.25) is 5.91 Å². The molecule has 0 aliphatic carbocycles. The van der Waals surface area contributed by atoms with E-state index in [9.17, 15) is 18.0 Å². The minimum atomic E-state index is -4.54. The van der Waals surface area contributed by atoms with E-state index in [0.717, 1.165) is 6.07 Å². The summed E-state index contributed by atoms with van der Waals surface area (Å²) in [5.74, 6) is 0.309. The lowest BCUT2D eigenvalue weighted by molar-refractivity contribution is -0.137. The lowest BCUT2D eigenvalue weighted by Gasteiger charge is -2.16. The van der Waals surface area contributed by atoms with Crippen LogP contribution in [0.25, 0.3) is 16.9 Å². The van der Waals surface area contributed by atoms with Crippen LogP contribution in [0.2, 0.25) is 0 Å². The fourth-order valence-electron chi connectivity index (χ4n) is 3.32. The Morgan fingerprint density at radius 1 is 1.27 bits per heavy atom. The number of nitrogens with zero attached hydrogens (tertiary/aromatic N) is 3. The summed E-state index contributed by atoms with van der Waals surface area (Å²) in [6.45, 7) is 3.61. The van der Waals surface area contributed by atoms with Crippen LogP contribution in [-0.4, -0.2) is 20.5 Å². The smallest absolute Gasteiger partial charge is 0.325 e. The van der Waals surface area contributed by atoms with Gasteiger partial charge in [0.15, 0.2) is 11.5 Å². The molecule has 1 aliphatic rings. The molecule has 0 fully saturated rings. The van der Waals surface area contributed by atoms with Gasteiger partial charge < -0.3 is 5.32 Å². The monoisotopic (exact) mass is 360 g/mol. The Balaban J connectivity index is 2.04. The molecule has 1 aliphatic heterocycles. The van der Waals surface area contributed by atoms with E-state index in [1.807, 2.05) is 6.92 Å². The molecule has 3 aromatic rings. The Hall–Kier alpha value is -2.90. The molecule has 2 aromatic heterocycles. The summed E-state index contributed by atoms with van der Waals surface area (Å²) in [5, 5.41) is 6.99. The van der Waals surface area contributed by atoms with Crippen LogP contribution in [0.5, 0.6) is 0 Å². The molecule has 1 aromatic carbocycles. The molecular weight excluding hydrogens is 345 g/mol. The van der Waals surface area contributed by atoms with Crippen LogP contribution in [0.15, 0.2) is 24.3 Å². The number of hydrogen-bond acceptors (Lipinski definition) is 3. The van der Waals surface area contributed by atoms with Crippen molar-refractivity contribution in [3.8, 4) is 11.3 Å². The Labute approximate surface area is 146 Å². The van der Waals surface area contributed by atoms with Crippen molar-refractivity contribution in [2.45, 2.75) is 32.9 Å². The van der Waals surface area contributed by atoms with Crippen LogP contribution in [0, 0.1) is 6.92 Å². The number of nitrogens with one attached hydrogen (secondary N) is 1. The molecule has 0 bridgehead atoms. The highest BCUT2D eigenvalue weighted by atomic mass is 19.4. The van der Waals surface area contributed by atoms with Crippen molar-refractivity contribution in [3.05, 3.63) is 46.8 Å². The number of aryl methyl sites for hydroxylation is 2. The first-order valence-electron chi connectivity index (χ1n) is 8.17. The van der Waals surface area contributed by atoms with Gasteiger partial charge in [0.1, 0.15) is 0 Å². The number of hydrogen-bond donors (Lipinski definition) is 1. The third kappa shape index (κ3) is 2.53.